The number of anilines is 3. The van der Waals surface area contributed by atoms with Gasteiger partial charge in [-0.1, -0.05) is 79.2 Å². The van der Waals surface area contributed by atoms with Crippen LogP contribution >= 0.6 is 23.1 Å². The van der Waals surface area contributed by atoms with Gasteiger partial charge in [-0.2, -0.15) is 0 Å². The number of carbonyl (C=O) groups is 5. The molecule has 0 aliphatic carbocycles. The fraction of sp³-hybridized carbons (Fsp3) is 0.146. The zero-order chi connectivity index (χ0) is 37.9. The van der Waals surface area contributed by atoms with Crippen LogP contribution in [0.4, 0.5) is 16.4 Å². The number of aryl methyl sites for hydroxylation is 1. The highest BCUT2D eigenvalue weighted by Gasteiger charge is 2.28. The second kappa shape index (κ2) is 18.0. The number of benzene rings is 4. The number of ether oxygens (including phenoxy) is 1. The van der Waals surface area contributed by atoms with Gasteiger partial charge in [-0.15, -0.1) is 23.1 Å². The normalized spacial score (nSPS) is 11.6. The number of hydrogen-bond donors (Lipinski definition) is 4. The Morgan fingerprint density at radius 2 is 1.43 bits per heavy atom. The maximum absolute atomic E-state index is 13.7. The van der Waals surface area contributed by atoms with Gasteiger partial charge in [0, 0.05) is 21.8 Å². The third-order valence-electron chi connectivity index (χ3n) is 7.96. The first kappa shape index (κ1) is 38.3. The maximum Gasteiger partial charge on any atom is 0.341 e. The van der Waals surface area contributed by atoms with E-state index in [4.69, 9.17) is 4.74 Å². The lowest BCUT2D eigenvalue weighted by Crippen LogP contribution is -2.30. The van der Waals surface area contributed by atoms with Gasteiger partial charge in [-0.05, 0) is 79.9 Å². The van der Waals surface area contributed by atoms with Crippen LogP contribution in [0.1, 0.15) is 60.4 Å². The smallest absolute Gasteiger partial charge is 0.341 e. The van der Waals surface area contributed by atoms with Crippen molar-refractivity contribution in [3.63, 3.8) is 0 Å². The number of rotatable bonds is 13. The summed E-state index contributed by atoms with van der Waals surface area (Å²) in [5, 5.41) is 10.9. The summed E-state index contributed by atoms with van der Waals surface area (Å²) in [6.45, 7) is 5.46. The SMILES string of the molecule is CCC(Sc1cccc(NC(=O)/C(=C\c2ccc(C)cc2)NC(=O)c2ccccc2)c1)C(=O)Nc1sc(C(=O)Nc2ccccc2)c(C)c1C(=O)OC. The molecule has 0 saturated carbocycles. The summed E-state index contributed by atoms with van der Waals surface area (Å²) in [7, 11) is 1.24. The zero-order valence-electron chi connectivity index (χ0n) is 29.5. The number of thiophene rings is 1. The first-order valence-electron chi connectivity index (χ1n) is 16.7. The highest BCUT2D eigenvalue weighted by atomic mass is 32.2. The second-order valence-corrected chi connectivity index (χ2v) is 14.1. The molecule has 10 nitrogen and oxygen atoms in total. The fourth-order valence-electron chi connectivity index (χ4n) is 5.17. The minimum absolute atomic E-state index is 0.0519. The number of esters is 1. The molecule has 5 aromatic rings. The molecule has 0 aliphatic rings. The lowest BCUT2D eigenvalue weighted by atomic mass is 10.1. The van der Waals surface area contributed by atoms with Crippen molar-refractivity contribution in [3.05, 3.63) is 148 Å². The van der Waals surface area contributed by atoms with Crippen molar-refractivity contribution in [1.29, 1.82) is 0 Å². The number of carbonyl (C=O) groups excluding carboxylic acids is 5. The molecular weight excluding hydrogens is 709 g/mol. The molecule has 4 N–H and O–H groups in total. The highest BCUT2D eigenvalue weighted by Crippen LogP contribution is 2.36. The molecule has 1 aromatic heterocycles. The van der Waals surface area contributed by atoms with Crippen molar-refractivity contribution in [2.45, 2.75) is 37.3 Å². The molecule has 270 valence electrons. The summed E-state index contributed by atoms with van der Waals surface area (Å²) in [4.78, 5) is 67.3. The maximum atomic E-state index is 13.7. The van der Waals surface area contributed by atoms with Crippen LogP contribution in [-0.2, 0) is 14.3 Å². The van der Waals surface area contributed by atoms with E-state index in [1.165, 1.54) is 18.9 Å². The van der Waals surface area contributed by atoms with E-state index in [9.17, 15) is 24.0 Å². The number of nitrogens with one attached hydrogen (secondary N) is 4. The third-order valence-corrected chi connectivity index (χ3v) is 10.5. The first-order chi connectivity index (χ1) is 25.6. The molecule has 4 aromatic carbocycles. The van der Waals surface area contributed by atoms with Gasteiger partial charge in [0.05, 0.1) is 22.8 Å². The van der Waals surface area contributed by atoms with Crippen molar-refractivity contribution in [3.8, 4) is 0 Å². The summed E-state index contributed by atoms with van der Waals surface area (Å²) < 4.78 is 4.99. The molecule has 0 saturated heterocycles. The molecule has 0 fully saturated rings. The van der Waals surface area contributed by atoms with E-state index < -0.39 is 28.9 Å². The Balaban J connectivity index is 1.32. The average molecular weight is 747 g/mol. The Kier molecular flexibility index (Phi) is 13.0. The number of thioether (sulfide) groups is 1. The minimum atomic E-state index is -0.673. The lowest BCUT2D eigenvalue weighted by Gasteiger charge is -2.16. The Hall–Kier alpha value is -5.98. The van der Waals surface area contributed by atoms with Crippen LogP contribution in [0, 0.1) is 13.8 Å². The van der Waals surface area contributed by atoms with E-state index in [0.29, 0.717) is 33.8 Å². The van der Waals surface area contributed by atoms with Gasteiger partial charge in [0.15, 0.2) is 0 Å². The summed E-state index contributed by atoms with van der Waals surface area (Å²) in [6, 6.07) is 32.1. The Bertz CT molecular complexity index is 2150. The molecule has 0 aliphatic heterocycles. The quantitative estimate of drug-likeness (QED) is 0.0539. The fourth-order valence-corrected chi connectivity index (χ4v) is 7.28. The van der Waals surface area contributed by atoms with Crippen molar-refractivity contribution >= 4 is 75.1 Å². The topological polar surface area (TPSA) is 143 Å². The molecule has 53 heavy (non-hydrogen) atoms. The summed E-state index contributed by atoms with van der Waals surface area (Å²) in [5.74, 6) is -2.42. The zero-order valence-corrected chi connectivity index (χ0v) is 31.2. The van der Waals surface area contributed by atoms with E-state index in [-0.39, 0.29) is 27.0 Å². The molecule has 5 rings (SSSR count). The van der Waals surface area contributed by atoms with Crippen molar-refractivity contribution in [2.75, 3.05) is 23.1 Å². The van der Waals surface area contributed by atoms with E-state index >= 15 is 0 Å². The molecule has 4 amide bonds. The van der Waals surface area contributed by atoms with Gasteiger partial charge in [0.25, 0.3) is 17.7 Å². The molecular formula is C41H38N4O6S2. The van der Waals surface area contributed by atoms with Gasteiger partial charge in [-0.25, -0.2) is 4.79 Å². The van der Waals surface area contributed by atoms with Crippen molar-refractivity contribution in [1.82, 2.24) is 5.32 Å². The summed E-state index contributed by atoms with van der Waals surface area (Å²) >= 11 is 2.28. The van der Waals surface area contributed by atoms with Crippen LogP contribution in [0.3, 0.4) is 0 Å². The van der Waals surface area contributed by atoms with Crippen LogP contribution in [0.2, 0.25) is 0 Å². The second-order valence-electron chi connectivity index (χ2n) is 11.8. The largest absolute Gasteiger partial charge is 0.465 e. The number of hydrogen-bond acceptors (Lipinski definition) is 8. The first-order valence-corrected chi connectivity index (χ1v) is 18.4. The Labute approximate surface area is 316 Å². The van der Waals surface area contributed by atoms with Crippen LogP contribution in [-0.4, -0.2) is 42.0 Å². The van der Waals surface area contributed by atoms with E-state index in [2.05, 4.69) is 21.3 Å². The average Bonchev–Trinajstić information content (AvgIpc) is 3.49. The highest BCUT2D eigenvalue weighted by molar-refractivity contribution is 8.00. The van der Waals surface area contributed by atoms with Gasteiger partial charge in [0.1, 0.15) is 10.7 Å². The molecule has 0 spiro atoms. The lowest BCUT2D eigenvalue weighted by molar-refractivity contribution is -0.116. The van der Waals surface area contributed by atoms with E-state index in [0.717, 1.165) is 22.5 Å². The molecule has 1 atom stereocenters. The van der Waals surface area contributed by atoms with Crippen LogP contribution in [0.25, 0.3) is 6.08 Å². The predicted octanol–water partition coefficient (Wildman–Crippen LogP) is 8.32. The van der Waals surface area contributed by atoms with E-state index in [1.807, 2.05) is 50.2 Å². The standard InChI is InChI=1S/C41H38N4O6S2/c1-5-33(38(48)45-40-34(41(50)51-4)26(3)35(53-40)39(49)42-29-15-10-7-11-16-29)52-31-18-12-17-30(24-31)43-37(47)32(23-27-21-19-25(2)20-22-27)44-36(46)28-13-8-6-9-14-28/h6-24,33H,5H2,1-4H3,(H,42,49)(H,43,47)(H,44,46)(H,45,48)/b32-23+. The van der Waals surface area contributed by atoms with Gasteiger partial charge >= 0.3 is 5.97 Å². The molecule has 1 unspecified atom stereocenters. The summed E-state index contributed by atoms with van der Waals surface area (Å²) in [5.41, 5.74) is 3.79. The number of amides is 4. The monoisotopic (exact) mass is 746 g/mol. The molecule has 0 bridgehead atoms. The van der Waals surface area contributed by atoms with Crippen molar-refractivity contribution in [2.24, 2.45) is 0 Å². The molecule has 1 heterocycles. The predicted molar refractivity (Wildman–Crippen MR) is 211 cm³/mol. The van der Waals surface area contributed by atoms with Crippen LogP contribution in [0.15, 0.2) is 120 Å². The minimum Gasteiger partial charge on any atom is -0.465 e. The van der Waals surface area contributed by atoms with Crippen molar-refractivity contribution < 1.29 is 28.7 Å². The third kappa shape index (κ3) is 10.1. The Morgan fingerprint density at radius 1 is 0.774 bits per heavy atom. The van der Waals surface area contributed by atoms with Crippen LogP contribution in [0.5, 0.6) is 0 Å². The van der Waals surface area contributed by atoms with Gasteiger partial charge in [0.2, 0.25) is 5.91 Å². The molecule has 12 heteroatoms. The number of para-hydroxylation sites is 1. The summed E-state index contributed by atoms with van der Waals surface area (Å²) in [6.07, 6.45) is 2.04. The van der Waals surface area contributed by atoms with E-state index in [1.54, 1.807) is 85.8 Å². The number of methoxy groups -OCH3 is 1. The van der Waals surface area contributed by atoms with Gasteiger partial charge < -0.3 is 26.0 Å². The van der Waals surface area contributed by atoms with Gasteiger partial charge in [-0.3, -0.25) is 19.2 Å². The Morgan fingerprint density at radius 3 is 2.09 bits per heavy atom. The molecule has 0 radical (unpaired) electrons. The van der Waals surface area contributed by atoms with Crippen LogP contribution < -0.4 is 21.3 Å².